The van der Waals surface area contributed by atoms with Gasteiger partial charge in [-0.15, -0.1) is 0 Å². The van der Waals surface area contributed by atoms with Gasteiger partial charge in [0.15, 0.2) is 5.65 Å². The van der Waals surface area contributed by atoms with E-state index >= 15 is 0 Å². The molecule has 0 saturated carbocycles. The van der Waals surface area contributed by atoms with Gasteiger partial charge in [-0.25, -0.2) is 4.98 Å². The first-order chi connectivity index (χ1) is 12.0. The maximum atomic E-state index is 13.6. The molecule has 0 radical (unpaired) electrons. The van der Waals surface area contributed by atoms with E-state index in [2.05, 4.69) is 19.9 Å². The Morgan fingerprint density at radius 1 is 1.24 bits per heavy atom. The van der Waals surface area contributed by atoms with E-state index < -0.39 is 17.5 Å². The van der Waals surface area contributed by atoms with E-state index in [-0.39, 0.29) is 6.42 Å². The topological polar surface area (TPSA) is 54.0 Å². The van der Waals surface area contributed by atoms with E-state index in [1.165, 1.54) is 0 Å². The summed E-state index contributed by atoms with van der Waals surface area (Å²) in [5, 5.41) is 0. The molecule has 5 nitrogen and oxygen atoms in total. The third-order valence-electron chi connectivity index (χ3n) is 5.67. The van der Waals surface area contributed by atoms with Crippen LogP contribution < -0.4 is 0 Å². The molecule has 0 bridgehead atoms. The van der Waals surface area contributed by atoms with Crippen molar-refractivity contribution in [3.05, 3.63) is 24.2 Å². The smallest absolute Gasteiger partial charge is 0.381 e. The van der Waals surface area contributed by atoms with Gasteiger partial charge >= 0.3 is 6.18 Å². The van der Waals surface area contributed by atoms with Crippen LogP contribution in [0.1, 0.15) is 24.8 Å². The number of alkyl halides is 3. The van der Waals surface area contributed by atoms with Crippen molar-refractivity contribution in [2.24, 2.45) is 11.3 Å². The Kier molecular flexibility index (Phi) is 4.19. The summed E-state index contributed by atoms with van der Waals surface area (Å²) >= 11 is 0. The van der Waals surface area contributed by atoms with E-state index in [4.69, 9.17) is 4.74 Å². The number of H-pyrrole nitrogens is 1. The minimum atomic E-state index is -4.14. The molecule has 1 spiro atoms. The molecule has 136 valence electrons. The van der Waals surface area contributed by atoms with Crippen molar-refractivity contribution in [2.75, 3.05) is 26.3 Å². The second-order valence-electron chi connectivity index (χ2n) is 7.14. The molecule has 4 rings (SSSR count). The number of rotatable bonds is 2. The first-order valence-electron chi connectivity index (χ1n) is 8.62. The second kappa shape index (κ2) is 6.25. The molecule has 0 unspecified atom stereocenters. The molecule has 2 aromatic rings. The minimum Gasteiger partial charge on any atom is -0.381 e. The van der Waals surface area contributed by atoms with Crippen LogP contribution in [-0.4, -0.2) is 52.3 Å². The van der Waals surface area contributed by atoms with Crippen LogP contribution in [0.2, 0.25) is 0 Å². The fourth-order valence-corrected chi connectivity index (χ4v) is 4.45. The van der Waals surface area contributed by atoms with E-state index in [9.17, 15) is 13.2 Å². The Morgan fingerprint density at radius 2 is 2.00 bits per heavy atom. The highest BCUT2D eigenvalue weighted by Gasteiger charge is 2.55. The standard InChI is InChI=1S/C17H21F3N4O/c18-17(19,20)13-1-6-24(11-16(13)2-7-25-8-3-16)10-12-9-23-15-14(12)21-4-5-22-15/h4-5,9,13H,1-3,6-8,10-11H2,(H,22,23)/t13-/m1/s1. The van der Waals surface area contributed by atoms with Gasteiger partial charge in [-0.2, -0.15) is 13.2 Å². The minimum absolute atomic E-state index is 0.150. The number of halogens is 3. The normalized spacial score (nSPS) is 24.8. The summed E-state index contributed by atoms with van der Waals surface area (Å²) in [6, 6.07) is 0. The zero-order valence-electron chi connectivity index (χ0n) is 13.9. The highest BCUT2D eigenvalue weighted by Crippen LogP contribution is 2.51. The Hall–Kier alpha value is -1.67. The fraction of sp³-hybridized carbons (Fsp3) is 0.647. The maximum absolute atomic E-state index is 13.6. The number of likely N-dealkylation sites (tertiary alicyclic amines) is 1. The lowest BCUT2D eigenvalue weighted by atomic mass is 9.65. The lowest BCUT2D eigenvalue weighted by molar-refractivity contribution is -0.235. The van der Waals surface area contributed by atoms with Gasteiger partial charge in [0.05, 0.1) is 5.92 Å². The Bertz CT molecular complexity index is 739. The number of nitrogens with zero attached hydrogens (tertiary/aromatic N) is 3. The van der Waals surface area contributed by atoms with Gasteiger partial charge in [0.2, 0.25) is 0 Å². The van der Waals surface area contributed by atoms with E-state index in [1.54, 1.807) is 12.4 Å². The highest BCUT2D eigenvalue weighted by atomic mass is 19.4. The molecule has 1 atom stereocenters. The predicted octanol–water partition coefficient (Wildman–Crippen LogP) is 3.14. The average molecular weight is 354 g/mol. The van der Waals surface area contributed by atoms with Crippen LogP contribution in [0, 0.1) is 11.3 Å². The zero-order chi connectivity index (χ0) is 17.5. The number of hydrogen-bond acceptors (Lipinski definition) is 4. The number of fused-ring (bicyclic) bond motifs is 1. The van der Waals surface area contributed by atoms with Gasteiger partial charge < -0.3 is 9.72 Å². The molecule has 2 aliphatic rings. The molecule has 0 aliphatic carbocycles. The van der Waals surface area contributed by atoms with Gasteiger partial charge in [0.25, 0.3) is 0 Å². The van der Waals surface area contributed by atoms with Crippen molar-refractivity contribution in [3.63, 3.8) is 0 Å². The summed E-state index contributed by atoms with van der Waals surface area (Å²) in [6.07, 6.45) is 2.07. The van der Waals surface area contributed by atoms with Crippen LogP contribution in [0.3, 0.4) is 0 Å². The predicted molar refractivity (Wildman–Crippen MR) is 85.8 cm³/mol. The van der Waals surface area contributed by atoms with E-state index in [0.717, 1.165) is 11.1 Å². The lowest BCUT2D eigenvalue weighted by Crippen LogP contribution is -2.55. The molecular formula is C17H21F3N4O. The number of nitrogens with one attached hydrogen (secondary N) is 1. The monoisotopic (exact) mass is 354 g/mol. The summed E-state index contributed by atoms with van der Waals surface area (Å²) in [5.41, 5.74) is 1.76. The number of ether oxygens (including phenoxy) is 1. The summed E-state index contributed by atoms with van der Waals surface area (Å²) in [5.74, 6) is -1.23. The van der Waals surface area contributed by atoms with Crippen molar-refractivity contribution in [3.8, 4) is 0 Å². The average Bonchev–Trinajstić information content (AvgIpc) is 2.98. The van der Waals surface area contributed by atoms with E-state index in [0.29, 0.717) is 51.3 Å². The molecule has 2 aliphatic heterocycles. The Morgan fingerprint density at radius 3 is 2.76 bits per heavy atom. The first kappa shape index (κ1) is 16.8. The van der Waals surface area contributed by atoms with Gasteiger partial charge in [-0.3, -0.25) is 9.88 Å². The summed E-state index contributed by atoms with van der Waals surface area (Å²) in [4.78, 5) is 13.8. The molecular weight excluding hydrogens is 333 g/mol. The molecule has 2 saturated heterocycles. The van der Waals surface area contributed by atoms with Crippen LogP contribution in [0.4, 0.5) is 13.2 Å². The number of hydrogen-bond donors (Lipinski definition) is 1. The van der Waals surface area contributed by atoms with Crippen LogP contribution in [0.15, 0.2) is 18.6 Å². The molecule has 0 amide bonds. The third-order valence-corrected chi connectivity index (χ3v) is 5.67. The van der Waals surface area contributed by atoms with E-state index in [1.807, 2.05) is 6.20 Å². The Balaban J connectivity index is 1.56. The van der Waals surface area contributed by atoms with Crippen molar-refractivity contribution < 1.29 is 17.9 Å². The maximum Gasteiger partial charge on any atom is 0.392 e. The third kappa shape index (κ3) is 3.13. The largest absolute Gasteiger partial charge is 0.392 e. The number of aromatic amines is 1. The van der Waals surface area contributed by atoms with Crippen LogP contribution in [-0.2, 0) is 11.3 Å². The summed E-state index contributed by atoms with van der Waals surface area (Å²) in [6.45, 7) is 2.32. The zero-order valence-corrected chi connectivity index (χ0v) is 13.9. The Labute approximate surface area is 143 Å². The van der Waals surface area contributed by atoms with Crippen molar-refractivity contribution in [1.82, 2.24) is 19.9 Å². The van der Waals surface area contributed by atoms with Gasteiger partial charge in [-0.1, -0.05) is 0 Å². The SMILES string of the molecule is FC(F)(F)[C@@H]1CCN(Cc2c[nH]c3nccnc23)CC12CCOCC2. The van der Waals surface area contributed by atoms with Crippen molar-refractivity contribution in [2.45, 2.75) is 32.0 Å². The fourth-order valence-electron chi connectivity index (χ4n) is 4.45. The molecule has 2 fully saturated rings. The first-order valence-corrected chi connectivity index (χ1v) is 8.62. The molecule has 1 N–H and O–H groups in total. The van der Waals surface area contributed by atoms with Gasteiger partial charge in [-0.05, 0) is 31.2 Å². The number of piperidine rings is 1. The molecule has 0 aromatic carbocycles. The highest BCUT2D eigenvalue weighted by molar-refractivity contribution is 5.74. The quantitative estimate of drug-likeness (QED) is 0.900. The summed E-state index contributed by atoms with van der Waals surface area (Å²) < 4.78 is 46.1. The van der Waals surface area contributed by atoms with Crippen molar-refractivity contribution in [1.29, 1.82) is 0 Å². The van der Waals surface area contributed by atoms with Crippen LogP contribution in [0.5, 0.6) is 0 Å². The number of aromatic nitrogens is 3. The molecule has 25 heavy (non-hydrogen) atoms. The van der Waals surface area contributed by atoms with Crippen LogP contribution in [0.25, 0.3) is 11.2 Å². The molecule has 4 heterocycles. The van der Waals surface area contributed by atoms with Gasteiger partial charge in [0.1, 0.15) is 5.52 Å². The van der Waals surface area contributed by atoms with Gasteiger partial charge in [0, 0.05) is 50.5 Å². The summed E-state index contributed by atoms with van der Waals surface area (Å²) in [7, 11) is 0. The molecule has 8 heteroatoms. The van der Waals surface area contributed by atoms with Crippen molar-refractivity contribution >= 4 is 11.2 Å². The second-order valence-corrected chi connectivity index (χ2v) is 7.14. The van der Waals surface area contributed by atoms with Crippen LogP contribution >= 0.6 is 0 Å². The molecule has 2 aromatic heterocycles. The lowest BCUT2D eigenvalue weighted by Gasteiger charge is -2.50.